The molecule has 0 bridgehead atoms. The molecule has 0 saturated heterocycles. The summed E-state index contributed by atoms with van der Waals surface area (Å²) >= 11 is 3.41. The number of rotatable bonds is 2. The highest BCUT2D eigenvalue weighted by molar-refractivity contribution is 9.10. The van der Waals surface area contributed by atoms with Gasteiger partial charge >= 0.3 is 0 Å². The molecule has 1 heterocycles. The van der Waals surface area contributed by atoms with Gasteiger partial charge in [-0.2, -0.15) is 0 Å². The molecule has 1 N–H and O–H groups in total. The van der Waals surface area contributed by atoms with E-state index < -0.39 is 6.10 Å². The normalized spacial score (nSPS) is 15.1. The average molecular weight is 321 g/mol. The van der Waals surface area contributed by atoms with Crippen LogP contribution in [0.5, 0.6) is 11.5 Å². The molecule has 2 aromatic carbocycles. The van der Waals surface area contributed by atoms with Crippen molar-refractivity contribution in [3.05, 3.63) is 58.1 Å². The van der Waals surface area contributed by atoms with Crippen molar-refractivity contribution in [2.45, 2.75) is 6.10 Å². The molecule has 0 amide bonds. The van der Waals surface area contributed by atoms with E-state index in [1.807, 2.05) is 42.5 Å². The number of hydrogen-bond acceptors (Lipinski definition) is 3. The summed E-state index contributed by atoms with van der Waals surface area (Å²) in [5.74, 6) is 1.43. The molecule has 3 rings (SSSR count). The molecule has 0 spiro atoms. The summed E-state index contributed by atoms with van der Waals surface area (Å²) in [6, 6.07) is 13.2. The number of aliphatic hydroxyl groups excluding tert-OH is 1. The third-order valence-corrected chi connectivity index (χ3v) is 3.54. The lowest BCUT2D eigenvalue weighted by Gasteiger charge is -2.20. The molecule has 1 unspecified atom stereocenters. The monoisotopic (exact) mass is 320 g/mol. The maximum absolute atomic E-state index is 10.4. The van der Waals surface area contributed by atoms with Gasteiger partial charge in [-0.15, -0.1) is 0 Å². The van der Waals surface area contributed by atoms with E-state index in [1.165, 1.54) is 0 Å². The summed E-state index contributed by atoms with van der Waals surface area (Å²) in [6.45, 7) is 1.12. The van der Waals surface area contributed by atoms with Crippen LogP contribution < -0.4 is 9.47 Å². The molecule has 1 atom stereocenters. The van der Waals surface area contributed by atoms with Crippen LogP contribution in [-0.4, -0.2) is 18.3 Å². The average Bonchev–Trinajstić information content (AvgIpc) is 2.46. The molecule has 0 saturated carbocycles. The molecule has 0 aliphatic carbocycles. The first-order chi connectivity index (χ1) is 9.24. The van der Waals surface area contributed by atoms with Crippen LogP contribution in [0, 0.1) is 0 Å². The standard InChI is InChI=1S/C15H13BrO3/c16-12-3-1-2-10(8-12)15(17)11-4-5-13-14(9-11)19-7-6-18-13/h1-5,8-9,15,17H,6-7H2. The number of aliphatic hydroxyl groups is 1. The van der Waals surface area contributed by atoms with Crippen molar-refractivity contribution >= 4 is 15.9 Å². The van der Waals surface area contributed by atoms with E-state index in [0.29, 0.717) is 19.0 Å². The molecule has 0 fully saturated rings. The van der Waals surface area contributed by atoms with Crippen molar-refractivity contribution < 1.29 is 14.6 Å². The van der Waals surface area contributed by atoms with Crippen molar-refractivity contribution in [1.29, 1.82) is 0 Å². The Kier molecular flexibility index (Phi) is 3.44. The molecule has 0 aromatic heterocycles. The van der Waals surface area contributed by atoms with Crippen molar-refractivity contribution in [2.75, 3.05) is 13.2 Å². The van der Waals surface area contributed by atoms with E-state index >= 15 is 0 Å². The SMILES string of the molecule is OC(c1cccc(Br)c1)c1ccc2c(c1)OCCO2. The lowest BCUT2D eigenvalue weighted by molar-refractivity contribution is 0.169. The lowest BCUT2D eigenvalue weighted by atomic mass is 10.0. The molecule has 0 radical (unpaired) electrons. The zero-order chi connectivity index (χ0) is 13.2. The van der Waals surface area contributed by atoms with E-state index in [0.717, 1.165) is 21.3 Å². The van der Waals surface area contributed by atoms with Crippen molar-refractivity contribution in [3.63, 3.8) is 0 Å². The van der Waals surface area contributed by atoms with Crippen molar-refractivity contribution in [3.8, 4) is 11.5 Å². The van der Waals surface area contributed by atoms with E-state index in [1.54, 1.807) is 0 Å². The highest BCUT2D eigenvalue weighted by Gasteiger charge is 2.16. The number of ether oxygens (including phenoxy) is 2. The minimum atomic E-state index is -0.673. The Bertz CT molecular complexity index is 598. The molecule has 4 heteroatoms. The number of halogens is 1. The fourth-order valence-electron chi connectivity index (χ4n) is 2.10. The summed E-state index contributed by atoms with van der Waals surface area (Å²) in [7, 11) is 0. The van der Waals surface area contributed by atoms with E-state index in [2.05, 4.69) is 15.9 Å². The first-order valence-electron chi connectivity index (χ1n) is 6.07. The van der Waals surface area contributed by atoms with Crippen LogP contribution in [0.3, 0.4) is 0 Å². The number of fused-ring (bicyclic) bond motifs is 1. The molecular weight excluding hydrogens is 308 g/mol. The molecule has 98 valence electrons. The highest BCUT2D eigenvalue weighted by Crippen LogP contribution is 2.34. The van der Waals surface area contributed by atoms with Crippen LogP contribution in [0.15, 0.2) is 46.9 Å². The van der Waals surface area contributed by atoms with Gasteiger partial charge in [0.2, 0.25) is 0 Å². The van der Waals surface area contributed by atoms with Crippen LogP contribution in [0.4, 0.5) is 0 Å². The highest BCUT2D eigenvalue weighted by atomic mass is 79.9. The van der Waals surface area contributed by atoms with Gasteiger partial charge in [-0.25, -0.2) is 0 Å². The van der Waals surface area contributed by atoms with Crippen LogP contribution >= 0.6 is 15.9 Å². The Labute approximate surface area is 119 Å². The third kappa shape index (κ3) is 2.60. The van der Waals surface area contributed by atoms with Gasteiger partial charge in [0.15, 0.2) is 11.5 Å². The predicted molar refractivity (Wildman–Crippen MR) is 75.6 cm³/mol. The van der Waals surface area contributed by atoms with Crippen LogP contribution in [-0.2, 0) is 0 Å². The fourth-order valence-corrected chi connectivity index (χ4v) is 2.52. The van der Waals surface area contributed by atoms with Gasteiger partial charge in [-0.05, 0) is 35.4 Å². The fraction of sp³-hybridized carbons (Fsp3) is 0.200. The van der Waals surface area contributed by atoms with Gasteiger partial charge < -0.3 is 14.6 Å². The van der Waals surface area contributed by atoms with Crippen LogP contribution in [0.1, 0.15) is 17.2 Å². The van der Waals surface area contributed by atoms with Gasteiger partial charge in [-0.3, -0.25) is 0 Å². The predicted octanol–water partition coefficient (Wildman–Crippen LogP) is 3.30. The Morgan fingerprint density at radius 2 is 1.68 bits per heavy atom. The third-order valence-electron chi connectivity index (χ3n) is 3.05. The first-order valence-corrected chi connectivity index (χ1v) is 6.86. The summed E-state index contributed by atoms with van der Waals surface area (Å²) < 4.78 is 11.9. The Balaban J connectivity index is 1.93. The molecule has 1 aliphatic rings. The topological polar surface area (TPSA) is 38.7 Å². The maximum Gasteiger partial charge on any atom is 0.161 e. The first kappa shape index (κ1) is 12.5. The maximum atomic E-state index is 10.4. The van der Waals surface area contributed by atoms with Gasteiger partial charge in [0, 0.05) is 4.47 Å². The summed E-state index contributed by atoms with van der Waals surface area (Å²) in [4.78, 5) is 0. The van der Waals surface area contributed by atoms with Crippen LogP contribution in [0.2, 0.25) is 0 Å². The second kappa shape index (κ2) is 5.23. The summed E-state index contributed by atoms with van der Waals surface area (Å²) in [6.07, 6.45) is -0.673. The van der Waals surface area contributed by atoms with E-state index in [4.69, 9.17) is 9.47 Å². The van der Waals surface area contributed by atoms with Crippen LogP contribution in [0.25, 0.3) is 0 Å². The summed E-state index contributed by atoms with van der Waals surface area (Å²) in [5, 5.41) is 10.4. The second-order valence-electron chi connectivity index (χ2n) is 4.36. The van der Waals surface area contributed by atoms with E-state index in [9.17, 15) is 5.11 Å². The lowest BCUT2D eigenvalue weighted by Crippen LogP contribution is -2.15. The quantitative estimate of drug-likeness (QED) is 0.922. The van der Waals surface area contributed by atoms with Gasteiger partial charge in [0.25, 0.3) is 0 Å². The van der Waals surface area contributed by atoms with Crippen molar-refractivity contribution in [1.82, 2.24) is 0 Å². The molecule has 19 heavy (non-hydrogen) atoms. The molecule has 1 aliphatic heterocycles. The zero-order valence-corrected chi connectivity index (χ0v) is 11.8. The minimum Gasteiger partial charge on any atom is -0.486 e. The minimum absolute atomic E-state index is 0.545. The Hall–Kier alpha value is -1.52. The molecule has 3 nitrogen and oxygen atoms in total. The van der Waals surface area contributed by atoms with Crippen molar-refractivity contribution in [2.24, 2.45) is 0 Å². The molecular formula is C15H13BrO3. The largest absolute Gasteiger partial charge is 0.486 e. The number of hydrogen-bond donors (Lipinski definition) is 1. The Morgan fingerprint density at radius 1 is 0.947 bits per heavy atom. The second-order valence-corrected chi connectivity index (χ2v) is 5.28. The van der Waals surface area contributed by atoms with Gasteiger partial charge in [0.1, 0.15) is 19.3 Å². The summed E-state index contributed by atoms with van der Waals surface area (Å²) in [5.41, 5.74) is 1.63. The zero-order valence-electron chi connectivity index (χ0n) is 10.2. The smallest absolute Gasteiger partial charge is 0.161 e. The van der Waals surface area contributed by atoms with Gasteiger partial charge in [0.05, 0.1) is 0 Å². The Morgan fingerprint density at radius 3 is 2.47 bits per heavy atom. The van der Waals surface area contributed by atoms with E-state index in [-0.39, 0.29) is 0 Å². The van der Waals surface area contributed by atoms with Gasteiger partial charge in [-0.1, -0.05) is 34.1 Å². The molecule has 2 aromatic rings. The number of benzene rings is 2.